The molecular weight excluding hydrogens is 618 g/mol. The second kappa shape index (κ2) is 24.3. The van der Waals surface area contributed by atoms with Gasteiger partial charge in [0.05, 0.1) is 0 Å². The standard InChI is InChI=1S/C22H25NO.5CO.W/c1-4-24-22-19(16-23(2)3)20(17-12-10-7-11-13-17)21(22)18-14-8-5-6-9-15-18;5*1-2;/h5-15,18,20-21H,4H2,1-3H3;;;;;;/t20-,21-;;;;;;/m0....../s1. The van der Waals surface area contributed by atoms with E-state index >= 15 is 0 Å². The van der Waals surface area contributed by atoms with Crippen LogP contribution in [0, 0.1) is 45.1 Å². The molecule has 2 aliphatic carbocycles. The van der Waals surface area contributed by atoms with Crippen LogP contribution in [0.5, 0.6) is 0 Å². The SMILES string of the molecule is CCOC1=C([C](=[W])N(C)C)[C@H](c2ccccc2)[C@@H]1C1C=CC=CC=C1.[C-]#[O+].[C-]#[O+].[C-]#[O+].[C-]#[O+].[C-]#[O+]. The van der Waals surface area contributed by atoms with Crippen LogP contribution in [0.15, 0.2) is 78.1 Å². The third-order valence-electron chi connectivity index (χ3n) is 4.75. The third-order valence-corrected chi connectivity index (χ3v) is 6.85. The summed E-state index contributed by atoms with van der Waals surface area (Å²) in [6.45, 7) is 25.3. The number of rotatable bonds is 6. The van der Waals surface area contributed by atoms with Crippen molar-refractivity contribution in [3.05, 3.63) is 117 Å². The van der Waals surface area contributed by atoms with Gasteiger partial charge < -0.3 is 0 Å². The van der Waals surface area contributed by atoms with Crippen LogP contribution in [0.3, 0.4) is 0 Å². The zero-order valence-corrected chi connectivity index (χ0v) is 22.5. The van der Waals surface area contributed by atoms with E-state index in [0.29, 0.717) is 24.4 Å². The van der Waals surface area contributed by atoms with E-state index < -0.39 is 0 Å². The summed E-state index contributed by atoms with van der Waals surface area (Å²) in [4.78, 5) is 2.23. The topological polar surface area (TPSA) is 112 Å². The molecule has 0 fully saturated rings. The minimum atomic E-state index is 0.357. The zero-order chi connectivity index (χ0) is 27.8. The van der Waals surface area contributed by atoms with Crippen molar-refractivity contribution >= 4 is 4.02 Å². The molecule has 0 amide bonds. The second-order valence-electron chi connectivity index (χ2n) is 6.56. The van der Waals surface area contributed by atoms with Crippen LogP contribution in [0.2, 0.25) is 0 Å². The summed E-state index contributed by atoms with van der Waals surface area (Å²) >= 11 is 1.49. The molecule has 0 heterocycles. The molecule has 0 N–H and O–H groups in total. The first-order valence-electron chi connectivity index (χ1n) is 9.82. The Labute approximate surface area is 218 Å². The second-order valence-corrected chi connectivity index (χ2v) is 7.95. The Bertz CT molecular complexity index is 914. The molecule has 1 aromatic rings. The molecule has 0 unspecified atom stereocenters. The van der Waals surface area contributed by atoms with E-state index in [1.54, 1.807) is 0 Å². The monoisotopic (exact) mass is 643 g/mol. The van der Waals surface area contributed by atoms with Crippen LogP contribution >= 0.6 is 0 Å². The van der Waals surface area contributed by atoms with E-state index in [1.165, 1.54) is 40.3 Å². The number of hydrogen-bond donors (Lipinski definition) is 0. The van der Waals surface area contributed by atoms with E-state index in [4.69, 9.17) is 28.0 Å². The Hall–Kier alpha value is -2.80. The molecule has 0 spiro atoms. The molecule has 0 aromatic heterocycles. The predicted octanol–water partition coefficient (Wildman–Crippen LogP) is 4.04. The predicted molar refractivity (Wildman–Crippen MR) is 121 cm³/mol. The first kappa shape index (κ1) is 36.8. The van der Waals surface area contributed by atoms with Gasteiger partial charge in [0.15, 0.2) is 0 Å². The summed E-state index contributed by atoms with van der Waals surface area (Å²) in [5.74, 6) is 2.28. The van der Waals surface area contributed by atoms with Gasteiger partial charge in [0.25, 0.3) is 0 Å². The number of ether oxygens (including phenoxy) is 1. The Kier molecular flexibility index (Phi) is 25.6. The molecule has 1 aromatic carbocycles. The summed E-state index contributed by atoms with van der Waals surface area (Å²) in [5, 5.41) is 0. The molecule has 0 saturated carbocycles. The van der Waals surface area contributed by atoms with E-state index in [9.17, 15) is 0 Å². The Morgan fingerprint density at radius 1 is 0.829 bits per heavy atom. The van der Waals surface area contributed by atoms with Gasteiger partial charge in [-0.1, -0.05) is 0 Å². The average Bonchev–Trinajstić information content (AvgIpc) is 3.21. The number of benzene rings is 1. The summed E-state index contributed by atoms with van der Waals surface area (Å²) in [5.41, 5.74) is 2.77. The number of hydrogen-bond acceptors (Lipinski definition) is 2. The Balaban J connectivity index is -0.000000912. The van der Waals surface area contributed by atoms with Gasteiger partial charge in [-0.3, -0.25) is 0 Å². The molecule has 180 valence electrons. The van der Waals surface area contributed by atoms with Crippen molar-refractivity contribution < 1.29 is 47.4 Å². The summed E-state index contributed by atoms with van der Waals surface area (Å²) in [6, 6.07) is 10.9. The quantitative estimate of drug-likeness (QED) is 0.345. The van der Waals surface area contributed by atoms with Crippen molar-refractivity contribution in [1.82, 2.24) is 4.90 Å². The summed E-state index contributed by atoms with van der Waals surface area (Å²) in [7, 11) is 4.26. The zero-order valence-electron chi connectivity index (χ0n) is 19.6. The van der Waals surface area contributed by atoms with Gasteiger partial charge in [0, 0.05) is 0 Å². The molecule has 3 rings (SSSR count). The fourth-order valence-corrected chi connectivity index (χ4v) is 4.44. The van der Waals surface area contributed by atoms with Crippen LogP contribution in [-0.4, -0.2) is 29.6 Å². The molecule has 8 heteroatoms. The number of allylic oxidation sites excluding steroid dienone is 7. The fraction of sp³-hybridized carbons (Fsp3) is 0.259. The van der Waals surface area contributed by atoms with Gasteiger partial charge in [-0.05, 0) is 0 Å². The van der Waals surface area contributed by atoms with E-state index in [0.717, 1.165) is 0 Å². The molecule has 2 aliphatic rings. The molecule has 0 aliphatic heterocycles. The number of nitrogens with zero attached hydrogens (tertiary/aromatic N) is 1. The van der Waals surface area contributed by atoms with Crippen LogP contribution in [0.4, 0.5) is 0 Å². The van der Waals surface area contributed by atoms with Gasteiger partial charge in [-0.25, -0.2) is 0 Å². The Morgan fingerprint density at radius 2 is 1.29 bits per heavy atom. The van der Waals surface area contributed by atoms with Gasteiger partial charge in [-0.15, -0.1) is 0 Å². The minimum absolute atomic E-state index is 0.357. The molecule has 0 saturated heterocycles. The van der Waals surface area contributed by atoms with Crippen LogP contribution < -0.4 is 0 Å². The summed E-state index contributed by atoms with van der Waals surface area (Å²) in [6.07, 6.45) is 13.1. The molecule has 7 nitrogen and oxygen atoms in total. The molecular formula is C27H25NO6W. The molecule has 2 atom stereocenters. The normalized spacial score (nSPS) is 16.6. The van der Waals surface area contributed by atoms with Crippen molar-refractivity contribution in [2.24, 2.45) is 11.8 Å². The maximum absolute atomic E-state index is 7.50. The maximum atomic E-state index is 7.50. The van der Waals surface area contributed by atoms with E-state index in [2.05, 4.69) is 126 Å². The molecule has 0 radical (unpaired) electrons. The average molecular weight is 643 g/mol. The molecule has 35 heavy (non-hydrogen) atoms. The van der Waals surface area contributed by atoms with Crippen molar-refractivity contribution in [3.8, 4) is 0 Å². The van der Waals surface area contributed by atoms with Crippen molar-refractivity contribution in [2.75, 3.05) is 20.7 Å². The van der Waals surface area contributed by atoms with Gasteiger partial charge in [0.2, 0.25) is 0 Å². The Morgan fingerprint density at radius 3 is 1.69 bits per heavy atom. The van der Waals surface area contributed by atoms with E-state index in [-0.39, 0.29) is 0 Å². The van der Waals surface area contributed by atoms with Crippen LogP contribution in [0.1, 0.15) is 18.4 Å². The first-order valence-corrected chi connectivity index (χ1v) is 11.3. The first-order chi connectivity index (χ1) is 17.1. The van der Waals surface area contributed by atoms with Crippen molar-refractivity contribution in [3.63, 3.8) is 0 Å². The van der Waals surface area contributed by atoms with Gasteiger partial charge in [0.1, 0.15) is 0 Å². The van der Waals surface area contributed by atoms with Crippen LogP contribution in [-0.2, 0) is 47.4 Å². The van der Waals surface area contributed by atoms with Gasteiger partial charge >= 0.3 is 219 Å². The summed E-state index contributed by atoms with van der Waals surface area (Å²) < 4.78 is 45.0. The van der Waals surface area contributed by atoms with E-state index in [1.807, 2.05) is 0 Å². The fourth-order valence-electron chi connectivity index (χ4n) is 3.62. The molecule has 0 bridgehead atoms. The third kappa shape index (κ3) is 11.0. The van der Waals surface area contributed by atoms with Gasteiger partial charge in [-0.2, -0.15) is 0 Å². The number of likely N-dealkylation sites (N-methyl/N-ethyl adjacent to an activating group) is 1. The van der Waals surface area contributed by atoms with Crippen molar-refractivity contribution in [1.29, 1.82) is 0 Å². The van der Waals surface area contributed by atoms with Crippen molar-refractivity contribution in [2.45, 2.75) is 12.8 Å². The van der Waals surface area contributed by atoms with Crippen LogP contribution in [0.25, 0.3) is 0 Å².